The first-order chi connectivity index (χ1) is 30.9. The van der Waals surface area contributed by atoms with E-state index in [9.17, 15) is 27.5 Å². The van der Waals surface area contributed by atoms with Gasteiger partial charge in [0.1, 0.15) is 24.0 Å². The number of ether oxygens (including phenoxy) is 2. The minimum Gasteiger partial charge on any atom is -0.444 e. The van der Waals surface area contributed by atoms with Crippen LogP contribution >= 0.6 is 11.3 Å². The first kappa shape index (κ1) is 52.3. The van der Waals surface area contributed by atoms with E-state index < -0.39 is 76.0 Å². The lowest BCUT2D eigenvalue weighted by molar-refractivity contribution is -0.151. The van der Waals surface area contributed by atoms with Gasteiger partial charge in [0.15, 0.2) is 5.13 Å². The lowest BCUT2D eigenvalue weighted by Gasteiger charge is -2.45. The fourth-order valence-corrected chi connectivity index (χ4v) is 10.7. The summed E-state index contributed by atoms with van der Waals surface area (Å²) >= 11 is 1.39. The molecule has 1 fully saturated rings. The molecule has 362 valence electrons. The molecule has 0 unspecified atom stereocenters. The fraction of sp³-hybridized carbons (Fsp3) is 0.542. The summed E-state index contributed by atoms with van der Waals surface area (Å²) in [4.78, 5) is 54.1. The summed E-state index contributed by atoms with van der Waals surface area (Å²) in [5.41, 5.74) is 5.88. The molecule has 3 amide bonds. The minimum absolute atomic E-state index is 0.0108. The zero-order valence-electron chi connectivity index (χ0n) is 39.8. The Bertz CT molecular complexity index is 2370. The van der Waals surface area contributed by atoms with Crippen molar-refractivity contribution in [2.24, 2.45) is 17.1 Å². The molecule has 1 aliphatic rings. The maximum atomic E-state index is 15.1. The second-order valence-electron chi connectivity index (χ2n) is 19.5. The molecule has 3 N–H and O–H groups in total. The highest BCUT2D eigenvalue weighted by Gasteiger charge is 2.45. The van der Waals surface area contributed by atoms with Crippen molar-refractivity contribution in [3.8, 4) is 0 Å². The van der Waals surface area contributed by atoms with E-state index in [0.717, 1.165) is 36.2 Å². The van der Waals surface area contributed by atoms with Gasteiger partial charge in [0.05, 0.1) is 40.5 Å². The molecular weight excluding hydrogens is 886 g/mol. The van der Waals surface area contributed by atoms with Crippen molar-refractivity contribution >= 4 is 54.6 Å². The molecule has 0 saturated carbocycles. The van der Waals surface area contributed by atoms with Crippen molar-refractivity contribution in [2.45, 2.75) is 97.0 Å². The number of primary amides is 1. The molecule has 5 rings (SSSR count). The van der Waals surface area contributed by atoms with E-state index in [1.54, 1.807) is 84.0 Å². The lowest BCUT2D eigenvalue weighted by Crippen LogP contribution is -2.64. The molecule has 3 aromatic carbocycles. The molecule has 1 saturated heterocycles. The summed E-state index contributed by atoms with van der Waals surface area (Å²) in [6, 6.07) is 16.8. The molecule has 66 heavy (non-hydrogen) atoms. The van der Waals surface area contributed by atoms with Crippen LogP contribution in [-0.2, 0) is 42.1 Å². The summed E-state index contributed by atoms with van der Waals surface area (Å²) in [5.74, 6) is -2.37. The first-order valence-corrected chi connectivity index (χ1v) is 24.7. The summed E-state index contributed by atoms with van der Waals surface area (Å²) in [5, 5.41) is 13.3. The number of aliphatic hydroxyl groups is 1. The van der Waals surface area contributed by atoms with Crippen molar-refractivity contribution in [2.75, 3.05) is 71.0 Å². The molecule has 1 aliphatic heterocycles. The molecule has 4 aromatic rings. The van der Waals surface area contributed by atoms with Crippen LogP contribution in [0.3, 0.4) is 0 Å². The van der Waals surface area contributed by atoms with Crippen LogP contribution in [0.2, 0.25) is 0 Å². The van der Waals surface area contributed by atoms with E-state index in [2.05, 4.69) is 9.80 Å². The van der Waals surface area contributed by atoms with E-state index in [-0.39, 0.29) is 30.3 Å². The Hall–Kier alpha value is -4.72. The van der Waals surface area contributed by atoms with Gasteiger partial charge < -0.3 is 30.1 Å². The van der Waals surface area contributed by atoms with Crippen LogP contribution in [0.5, 0.6) is 0 Å². The van der Waals surface area contributed by atoms with Crippen LogP contribution in [-0.4, -0.2) is 145 Å². The van der Waals surface area contributed by atoms with E-state index in [1.807, 2.05) is 27.0 Å². The predicted molar refractivity (Wildman–Crippen MR) is 256 cm³/mol. The summed E-state index contributed by atoms with van der Waals surface area (Å²) in [6.07, 6.45) is -2.48. The number of thiazole rings is 1. The number of carbonyl (C=O) groups is 3. The number of halogens is 1. The zero-order valence-corrected chi connectivity index (χ0v) is 41.4. The molecular formula is C48H68FN7O8S2. The Morgan fingerprint density at radius 3 is 2.23 bits per heavy atom. The summed E-state index contributed by atoms with van der Waals surface area (Å²) in [7, 11) is -2.33. The largest absolute Gasteiger partial charge is 0.444 e. The third-order valence-electron chi connectivity index (χ3n) is 11.1. The molecule has 0 bridgehead atoms. The Morgan fingerprint density at radius 2 is 1.62 bits per heavy atom. The van der Waals surface area contributed by atoms with Crippen molar-refractivity contribution in [3.05, 3.63) is 89.7 Å². The number of nitrogens with zero attached hydrogens (tertiary/aromatic N) is 6. The van der Waals surface area contributed by atoms with Crippen LogP contribution in [0.1, 0.15) is 66.5 Å². The third-order valence-corrected chi connectivity index (χ3v) is 14.1. The number of carbonyl (C=O) groups excluding carboxylic acids is 3. The van der Waals surface area contributed by atoms with E-state index in [4.69, 9.17) is 20.2 Å². The quantitative estimate of drug-likeness (QED) is 0.106. The summed E-state index contributed by atoms with van der Waals surface area (Å²) in [6.45, 7) is 17.3. The normalized spacial score (nSPS) is 15.4. The Kier molecular flexibility index (Phi) is 17.7. The van der Waals surface area contributed by atoms with Gasteiger partial charge in [-0.05, 0) is 80.0 Å². The number of aromatic nitrogens is 1. The van der Waals surface area contributed by atoms with Gasteiger partial charge in [0, 0.05) is 52.9 Å². The van der Waals surface area contributed by atoms with Crippen LogP contribution in [0.25, 0.3) is 10.2 Å². The van der Waals surface area contributed by atoms with Gasteiger partial charge >= 0.3 is 6.09 Å². The molecule has 3 atom stereocenters. The van der Waals surface area contributed by atoms with Crippen LogP contribution in [0, 0.1) is 17.2 Å². The Balaban J connectivity index is 1.53. The average molecular weight is 954 g/mol. The lowest BCUT2D eigenvalue weighted by atomic mass is 9.83. The maximum Gasteiger partial charge on any atom is 0.411 e. The number of aliphatic hydroxyl groups excluding tert-OH is 1. The number of likely N-dealkylation sites (N-methyl/N-ethyl adjacent to an activating group) is 1. The Labute approximate surface area is 393 Å². The second kappa shape index (κ2) is 22.4. The number of morpholine rings is 1. The van der Waals surface area contributed by atoms with Gasteiger partial charge in [-0.25, -0.2) is 22.6 Å². The third kappa shape index (κ3) is 14.4. The predicted octanol–water partition coefficient (Wildman–Crippen LogP) is 5.99. The van der Waals surface area contributed by atoms with E-state index in [1.165, 1.54) is 44.8 Å². The Morgan fingerprint density at radius 1 is 0.955 bits per heavy atom. The molecule has 0 radical (unpaired) electrons. The number of anilines is 1. The smallest absolute Gasteiger partial charge is 0.411 e. The van der Waals surface area contributed by atoms with Gasteiger partial charge in [0.2, 0.25) is 21.8 Å². The van der Waals surface area contributed by atoms with Crippen LogP contribution < -0.4 is 10.6 Å². The van der Waals surface area contributed by atoms with Gasteiger partial charge in [-0.3, -0.25) is 19.4 Å². The number of amides is 3. The second-order valence-corrected chi connectivity index (χ2v) is 22.4. The molecule has 15 nitrogen and oxygen atoms in total. The number of hydrogen-bond donors (Lipinski definition) is 2. The SMILES string of the molecule is CC(C)CN(C[C@@H](O)[C@H](Cc1ccccc1)N(C(=O)CN(Cc1cccc(F)c1)C(=O)OC(C)(C)C)[C@H](C(N)=O)C(C)(C)C)S(=O)(=O)c1ccc2nc(N(C)CCN3CCOCC3)sc2c1. The minimum atomic E-state index is -4.30. The molecule has 2 heterocycles. The topological polar surface area (TPSA) is 179 Å². The summed E-state index contributed by atoms with van der Waals surface area (Å²) < 4.78 is 57.1. The van der Waals surface area contributed by atoms with Crippen molar-refractivity contribution < 1.29 is 41.8 Å². The molecule has 0 spiro atoms. The van der Waals surface area contributed by atoms with Crippen molar-refractivity contribution in [3.63, 3.8) is 0 Å². The number of rotatable bonds is 20. The number of fused-ring (bicyclic) bond motifs is 1. The first-order valence-electron chi connectivity index (χ1n) is 22.4. The highest BCUT2D eigenvalue weighted by atomic mass is 32.2. The van der Waals surface area contributed by atoms with Gasteiger partial charge in [-0.1, -0.05) is 88.4 Å². The number of benzene rings is 3. The maximum absolute atomic E-state index is 15.1. The van der Waals surface area contributed by atoms with E-state index >= 15 is 4.79 Å². The number of hydrogen-bond acceptors (Lipinski definition) is 12. The van der Waals surface area contributed by atoms with Crippen molar-refractivity contribution in [1.29, 1.82) is 0 Å². The molecule has 18 heteroatoms. The highest BCUT2D eigenvalue weighted by Crippen LogP contribution is 2.33. The number of nitrogens with two attached hydrogens (primary N) is 1. The monoisotopic (exact) mass is 953 g/mol. The standard InChI is InChI=1S/C48H68FN7O8S2/c1-33(2)29-55(66(61,62)37-18-19-38-41(28-37)65-45(51-38)52(9)20-21-53-22-24-63-25-23-53)31-40(57)39(27-34-14-11-10-12-15-34)56(43(44(50)59)47(3,4)5)42(58)32-54(46(60)64-48(6,7)8)30-35-16-13-17-36(49)26-35/h10-19,26,28,33,39-40,43,57H,20-25,27,29-32H2,1-9H3,(H2,50,59)/t39-,40+,43+/m0/s1. The molecule has 0 aliphatic carbocycles. The van der Waals surface area contributed by atoms with E-state index in [0.29, 0.717) is 34.6 Å². The van der Waals surface area contributed by atoms with Gasteiger partial charge in [-0.2, -0.15) is 4.31 Å². The van der Waals surface area contributed by atoms with Gasteiger partial charge in [0.25, 0.3) is 0 Å². The highest BCUT2D eigenvalue weighted by molar-refractivity contribution is 7.89. The number of sulfonamides is 1. The average Bonchev–Trinajstić information content (AvgIpc) is 3.67. The van der Waals surface area contributed by atoms with Crippen LogP contribution in [0.15, 0.2) is 77.7 Å². The van der Waals surface area contributed by atoms with Gasteiger partial charge in [-0.15, -0.1) is 0 Å². The molecule has 1 aromatic heterocycles. The zero-order chi connectivity index (χ0) is 48.6. The fourth-order valence-electron chi connectivity index (χ4n) is 7.97. The van der Waals surface area contributed by atoms with Crippen LogP contribution in [0.4, 0.5) is 14.3 Å². The van der Waals surface area contributed by atoms with Crippen molar-refractivity contribution in [1.82, 2.24) is 24.0 Å².